The van der Waals surface area contributed by atoms with Crippen LogP contribution >= 0.6 is 15.9 Å². The number of hydrogen-bond donors (Lipinski definition) is 0. The molecule has 0 bridgehead atoms. The third kappa shape index (κ3) is 3.51. The Labute approximate surface area is 156 Å². The lowest BCUT2D eigenvalue weighted by molar-refractivity contribution is -0.150. The Hall–Kier alpha value is -1.83. The first kappa shape index (κ1) is 18.9. The Bertz CT molecular complexity index is 764. The molecule has 2 aliphatic rings. The Morgan fingerprint density at radius 1 is 1.23 bits per heavy atom. The summed E-state index contributed by atoms with van der Waals surface area (Å²) in [6.07, 6.45) is -0.977. The van der Waals surface area contributed by atoms with Crippen LogP contribution in [-0.4, -0.2) is 22.9 Å². The fourth-order valence-corrected chi connectivity index (χ4v) is 3.98. The largest absolute Gasteiger partial charge is 0.450 e. The Kier molecular flexibility index (Phi) is 5.14. The molecule has 1 heterocycles. The minimum atomic E-state index is -4.54. The minimum Gasteiger partial charge on any atom is -0.450 e. The summed E-state index contributed by atoms with van der Waals surface area (Å²) in [5, 5.41) is 0.112. The summed E-state index contributed by atoms with van der Waals surface area (Å²) in [4.78, 5) is 24.9. The zero-order valence-corrected chi connectivity index (χ0v) is 15.3. The van der Waals surface area contributed by atoms with Gasteiger partial charge in [0.25, 0.3) is 0 Å². The topological polar surface area (TPSA) is 52.6 Å². The normalized spacial score (nSPS) is 19.6. The molecule has 1 aromatic carbocycles. The van der Waals surface area contributed by atoms with Crippen molar-refractivity contribution >= 4 is 27.9 Å². The van der Waals surface area contributed by atoms with Crippen LogP contribution in [0.25, 0.3) is 0 Å². The van der Waals surface area contributed by atoms with Crippen LogP contribution in [0.3, 0.4) is 0 Å². The number of carbonyl (C=O) groups excluding carboxylic acids is 2. The summed E-state index contributed by atoms with van der Waals surface area (Å²) >= 11 is 3.18. The highest BCUT2D eigenvalue weighted by atomic mass is 79.9. The predicted molar refractivity (Wildman–Crippen MR) is 89.8 cm³/mol. The van der Waals surface area contributed by atoms with Crippen LogP contribution in [0.15, 0.2) is 35.4 Å². The molecule has 3 rings (SSSR count). The van der Waals surface area contributed by atoms with Gasteiger partial charge in [0, 0.05) is 5.33 Å². The van der Waals surface area contributed by atoms with Crippen molar-refractivity contribution in [1.82, 2.24) is 0 Å². The molecule has 1 saturated carbocycles. The molecule has 0 radical (unpaired) electrons. The number of alkyl halides is 4. The van der Waals surface area contributed by atoms with Gasteiger partial charge in [0.1, 0.15) is 11.4 Å². The van der Waals surface area contributed by atoms with Gasteiger partial charge in [-0.2, -0.15) is 13.2 Å². The van der Waals surface area contributed by atoms with E-state index in [0.717, 1.165) is 37.5 Å². The fourth-order valence-electron chi connectivity index (χ4n) is 3.47. The summed E-state index contributed by atoms with van der Waals surface area (Å²) in [6, 6.07) is 4.09. The van der Waals surface area contributed by atoms with Crippen molar-refractivity contribution in [3.8, 4) is 5.75 Å². The molecule has 26 heavy (non-hydrogen) atoms. The summed E-state index contributed by atoms with van der Waals surface area (Å²) in [5.41, 5.74) is -1.65. The first-order valence-electron chi connectivity index (χ1n) is 8.19. The second-order valence-corrected chi connectivity index (χ2v) is 6.91. The number of hydrogen-bond acceptors (Lipinski definition) is 4. The quantitative estimate of drug-likeness (QED) is 0.399. The fraction of sp³-hybridized carbons (Fsp3) is 0.444. The van der Waals surface area contributed by atoms with Gasteiger partial charge in [-0.15, -0.1) is 0 Å². The average Bonchev–Trinajstić information content (AvgIpc) is 2.85. The van der Waals surface area contributed by atoms with Gasteiger partial charge in [-0.25, -0.2) is 9.59 Å². The number of halogens is 4. The van der Waals surface area contributed by atoms with Gasteiger partial charge in [-0.05, 0) is 43.9 Å². The van der Waals surface area contributed by atoms with Gasteiger partial charge in [0.15, 0.2) is 0 Å². The van der Waals surface area contributed by atoms with E-state index in [-0.39, 0.29) is 22.2 Å². The van der Waals surface area contributed by atoms with Crippen molar-refractivity contribution in [2.75, 3.05) is 5.33 Å². The molecule has 0 saturated heterocycles. The van der Waals surface area contributed by atoms with Crippen molar-refractivity contribution in [2.45, 2.75) is 43.9 Å². The minimum absolute atomic E-state index is 0.112. The van der Waals surface area contributed by atoms with E-state index in [0.29, 0.717) is 12.8 Å². The number of benzene rings is 1. The molecule has 1 aliphatic carbocycles. The zero-order chi connectivity index (χ0) is 18.9. The van der Waals surface area contributed by atoms with Crippen LogP contribution in [0.4, 0.5) is 13.2 Å². The third-order valence-electron chi connectivity index (χ3n) is 4.66. The maximum absolute atomic E-state index is 12.8. The Balaban J connectivity index is 1.92. The van der Waals surface area contributed by atoms with Crippen molar-refractivity contribution in [3.05, 3.63) is 41.0 Å². The van der Waals surface area contributed by atoms with Gasteiger partial charge in [-0.3, -0.25) is 0 Å². The summed E-state index contributed by atoms with van der Waals surface area (Å²) in [6.45, 7) is 0. The second kappa shape index (κ2) is 7.06. The first-order chi connectivity index (χ1) is 12.3. The molecule has 1 fully saturated rings. The van der Waals surface area contributed by atoms with Gasteiger partial charge < -0.3 is 9.47 Å². The number of rotatable bonds is 3. The highest BCUT2D eigenvalue weighted by Crippen LogP contribution is 2.45. The zero-order valence-electron chi connectivity index (χ0n) is 13.7. The lowest BCUT2D eigenvalue weighted by Gasteiger charge is -2.33. The molecule has 0 N–H and O–H groups in total. The van der Waals surface area contributed by atoms with Crippen LogP contribution in [0.5, 0.6) is 5.75 Å². The molecule has 140 valence electrons. The molecule has 0 amide bonds. The van der Waals surface area contributed by atoms with Gasteiger partial charge in [-0.1, -0.05) is 28.4 Å². The average molecular weight is 433 g/mol. The van der Waals surface area contributed by atoms with Crippen molar-refractivity contribution < 1.29 is 32.2 Å². The van der Waals surface area contributed by atoms with Crippen LogP contribution < -0.4 is 4.74 Å². The molecular weight excluding hydrogens is 417 g/mol. The lowest BCUT2D eigenvalue weighted by Crippen LogP contribution is -2.38. The molecule has 1 aliphatic heterocycles. The van der Waals surface area contributed by atoms with E-state index < -0.39 is 29.3 Å². The van der Waals surface area contributed by atoms with Gasteiger partial charge in [0.05, 0.1) is 16.7 Å². The standard InChI is InChI=1S/C18H16BrF3O4/c19-10-13-14(17(26-15(13)23)7-2-1-3-8-17)16(24)25-12-6-4-5-11(9-12)18(20,21)22/h4-6,9H,1-3,7-8,10H2. The highest BCUT2D eigenvalue weighted by molar-refractivity contribution is 9.09. The predicted octanol–water partition coefficient (Wildman–Crippen LogP) is 4.56. The highest BCUT2D eigenvalue weighted by Gasteiger charge is 2.51. The van der Waals surface area contributed by atoms with Crippen molar-refractivity contribution in [1.29, 1.82) is 0 Å². The summed E-state index contributed by atoms with van der Waals surface area (Å²) in [7, 11) is 0. The van der Waals surface area contributed by atoms with Gasteiger partial charge in [0.2, 0.25) is 0 Å². The SMILES string of the molecule is O=C1OC2(CCCCC2)C(C(=O)Oc2cccc(C(F)(F)F)c2)=C1CBr. The van der Waals surface area contributed by atoms with E-state index in [1.54, 1.807) is 0 Å². The van der Waals surface area contributed by atoms with E-state index in [9.17, 15) is 22.8 Å². The van der Waals surface area contributed by atoms with Crippen LogP contribution in [-0.2, 0) is 20.5 Å². The first-order valence-corrected chi connectivity index (χ1v) is 9.31. The second-order valence-electron chi connectivity index (χ2n) is 6.35. The molecular formula is C18H16BrF3O4. The van der Waals surface area contributed by atoms with E-state index >= 15 is 0 Å². The Morgan fingerprint density at radius 3 is 2.54 bits per heavy atom. The van der Waals surface area contributed by atoms with E-state index in [4.69, 9.17) is 9.47 Å². The van der Waals surface area contributed by atoms with Gasteiger partial charge >= 0.3 is 18.1 Å². The summed E-state index contributed by atoms with van der Waals surface area (Å²) in [5.74, 6) is -1.65. The van der Waals surface area contributed by atoms with Crippen LogP contribution in [0.2, 0.25) is 0 Å². The summed E-state index contributed by atoms with van der Waals surface area (Å²) < 4.78 is 49.2. The molecule has 0 atom stereocenters. The van der Waals surface area contributed by atoms with E-state index in [1.807, 2.05) is 0 Å². The van der Waals surface area contributed by atoms with Crippen LogP contribution in [0, 0.1) is 0 Å². The van der Waals surface area contributed by atoms with E-state index in [2.05, 4.69) is 15.9 Å². The molecule has 0 aromatic heterocycles. The third-order valence-corrected chi connectivity index (χ3v) is 5.22. The number of esters is 2. The maximum Gasteiger partial charge on any atom is 0.416 e. The monoisotopic (exact) mass is 432 g/mol. The number of carbonyl (C=O) groups is 2. The maximum atomic E-state index is 12.8. The Morgan fingerprint density at radius 2 is 1.92 bits per heavy atom. The molecule has 1 spiro atoms. The molecule has 1 aromatic rings. The lowest BCUT2D eigenvalue weighted by atomic mass is 9.79. The molecule has 8 heteroatoms. The van der Waals surface area contributed by atoms with Crippen LogP contribution in [0.1, 0.15) is 37.7 Å². The van der Waals surface area contributed by atoms with Crippen molar-refractivity contribution in [3.63, 3.8) is 0 Å². The van der Waals surface area contributed by atoms with E-state index in [1.165, 1.54) is 6.07 Å². The smallest absolute Gasteiger partial charge is 0.416 e. The van der Waals surface area contributed by atoms with Crippen molar-refractivity contribution in [2.24, 2.45) is 0 Å². The molecule has 0 unspecified atom stereocenters. The molecule has 4 nitrogen and oxygen atoms in total. The number of ether oxygens (including phenoxy) is 2.